The number of phenols is 2. The average Bonchev–Trinajstić information content (AvgIpc) is 3.27. The summed E-state index contributed by atoms with van der Waals surface area (Å²) < 4.78 is 5.49. The molecule has 1 fully saturated rings. The van der Waals surface area contributed by atoms with Crippen LogP contribution in [-0.4, -0.2) is 34.7 Å². The summed E-state index contributed by atoms with van der Waals surface area (Å²) in [5, 5.41) is 34.4. The fraction of sp³-hybridized carbons (Fsp3) is 0.345. The van der Waals surface area contributed by atoms with Crippen LogP contribution >= 0.6 is 0 Å². The van der Waals surface area contributed by atoms with E-state index >= 15 is 0 Å². The maximum absolute atomic E-state index is 11.8. The van der Waals surface area contributed by atoms with E-state index in [4.69, 9.17) is 14.7 Å². The van der Waals surface area contributed by atoms with Crippen LogP contribution in [0.4, 0.5) is 0 Å². The van der Waals surface area contributed by atoms with Crippen molar-refractivity contribution < 1.29 is 37.1 Å². The van der Waals surface area contributed by atoms with Gasteiger partial charge in [0.05, 0.1) is 12.1 Å². The van der Waals surface area contributed by atoms with E-state index in [2.05, 4.69) is 142 Å². The number of hydrogen-bond acceptors (Lipinski definition) is 6. The maximum atomic E-state index is 11.8. The van der Waals surface area contributed by atoms with Crippen molar-refractivity contribution in [3.05, 3.63) is 184 Å². The van der Waals surface area contributed by atoms with Crippen molar-refractivity contribution in [2.75, 3.05) is 0 Å². The van der Waals surface area contributed by atoms with Crippen molar-refractivity contribution >= 4 is 12.4 Å². The molecule has 0 aliphatic heterocycles. The van der Waals surface area contributed by atoms with Gasteiger partial charge in [0, 0.05) is 62.6 Å². The molecule has 341 valence electrons. The standard InChI is InChI=1S/C46H58N2O2.C12H10O2.Mn/c1-43(2,3)35-25-31(41(49)37(27-35)45(7,8)33-19-13-11-14-20-33)29-47-39-23-17-18-24-40(39)48-30-32-26-36(44(4,5)6)28-38(42(32)50)46(9,10)34-21-15-12-16-22-34;13-10-6-8-12(9-7-10)14-11-4-2-1-3-5-11;/h11-16,19-22,25-30,39-40,49-50H,17-18,23-24H2,1-10H3;1-9,13H;/p-1/t39-,40-;;/m1../s1. The van der Waals surface area contributed by atoms with Crippen LogP contribution in [0.5, 0.6) is 28.7 Å². The fourth-order valence-electron chi connectivity index (χ4n) is 8.27. The van der Waals surface area contributed by atoms with E-state index in [1.54, 1.807) is 12.1 Å². The molecule has 0 spiro atoms. The largest absolute Gasteiger partial charge is 0.872 e. The third kappa shape index (κ3) is 12.6. The Morgan fingerprint density at radius 3 is 1.22 bits per heavy atom. The van der Waals surface area contributed by atoms with E-state index in [0.29, 0.717) is 5.75 Å². The number of aliphatic imine (C=N–C) groups is 2. The number of nitrogens with zero attached hydrogens (tertiary/aromatic N) is 2. The first-order valence-corrected chi connectivity index (χ1v) is 22.7. The van der Waals surface area contributed by atoms with Gasteiger partial charge < -0.3 is 20.1 Å². The van der Waals surface area contributed by atoms with Crippen LogP contribution in [0.1, 0.15) is 139 Å². The molecule has 6 nitrogen and oxygen atoms in total. The molecule has 1 aliphatic rings. The molecule has 6 aromatic rings. The molecule has 1 saturated carbocycles. The Kier molecular flexibility index (Phi) is 16.4. The molecule has 2 N–H and O–H groups in total. The van der Waals surface area contributed by atoms with Gasteiger partial charge in [0.25, 0.3) is 0 Å². The maximum Gasteiger partial charge on any atom is 0.128 e. The second-order valence-electron chi connectivity index (χ2n) is 20.3. The molecular weight excluding hydrogens is 844 g/mol. The predicted molar refractivity (Wildman–Crippen MR) is 264 cm³/mol. The van der Waals surface area contributed by atoms with Gasteiger partial charge in [0.2, 0.25) is 0 Å². The van der Waals surface area contributed by atoms with Crippen molar-refractivity contribution in [2.24, 2.45) is 9.98 Å². The number of aromatic hydroxyl groups is 2. The molecular formula is C58H67MnN2O4-. The summed E-state index contributed by atoms with van der Waals surface area (Å²) in [6.07, 6.45) is 7.81. The molecule has 1 radical (unpaired) electrons. The monoisotopic (exact) mass is 910 g/mol. The van der Waals surface area contributed by atoms with Gasteiger partial charge in [-0.3, -0.25) is 9.98 Å². The van der Waals surface area contributed by atoms with Gasteiger partial charge in [0.1, 0.15) is 23.0 Å². The molecule has 7 heteroatoms. The molecule has 0 bridgehead atoms. The molecule has 6 aromatic carbocycles. The summed E-state index contributed by atoms with van der Waals surface area (Å²) in [5.74, 6) is 2.00. The first kappa shape index (κ1) is 50.4. The Hall–Kier alpha value is -5.62. The normalized spacial score (nSPS) is 15.8. The molecule has 0 aromatic heterocycles. The van der Waals surface area contributed by atoms with Crippen molar-refractivity contribution in [2.45, 2.75) is 129 Å². The number of rotatable bonds is 10. The summed E-state index contributed by atoms with van der Waals surface area (Å²) in [6.45, 7) is 22.0. The van der Waals surface area contributed by atoms with Crippen LogP contribution in [0.25, 0.3) is 0 Å². The summed E-state index contributed by atoms with van der Waals surface area (Å²) >= 11 is 0. The van der Waals surface area contributed by atoms with Gasteiger partial charge >= 0.3 is 0 Å². The van der Waals surface area contributed by atoms with Crippen molar-refractivity contribution in [3.63, 3.8) is 0 Å². The summed E-state index contributed by atoms with van der Waals surface area (Å²) in [6, 6.07) is 45.0. The topological polar surface area (TPSA) is 97.5 Å². The predicted octanol–water partition coefficient (Wildman–Crippen LogP) is 13.7. The smallest absolute Gasteiger partial charge is 0.128 e. The number of ether oxygens (including phenoxy) is 1. The first-order chi connectivity index (χ1) is 30.2. The number of para-hydroxylation sites is 1. The SMILES string of the molecule is CC(C)(C)c1cc(C=N[C@@H]2CCCC[C@H]2N=Cc2cc(C(C)(C)C)cc(C(C)(C)c3ccccc3)c2O)c(O)c(C(C)(C)c2ccccc2)c1.[Mn].[O-]c1ccc(Oc2ccccc2)cc1. The van der Waals surface area contributed by atoms with Crippen molar-refractivity contribution in [1.29, 1.82) is 0 Å². The Bertz CT molecular complexity index is 2380. The Labute approximate surface area is 399 Å². The van der Waals surface area contributed by atoms with E-state index in [0.717, 1.165) is 75.9 Å². The summed E-state index contributed by atoms with van der Waals surface area (Å²) in [7, 11) is 0. The van der Waals surface area contributed by atoms with E-state index in [1.807, 2.05) is 54.9 Å². The van der Waals surface area contributed by atoms with Gasteiger partial charge in [-0.1, -0.05) is 185 Å². The summed E-state index contributed by atoms with van der Waals surface area (Å²) in [4.78, 5) is 10.3. The molecule has 0 saturated heterocycles. The Balaban J connectivity index is 0.000000448. The van der Waals surface area contributed by atoms with Crippen LogP contribution in [0, 0.1) is 0 Å². The van der Waals surface area contributed by atoms with Gasteiger partial charge in [-0.25, -0.2) is 0 Å². The number of hydrogen-bond donors (Lipinski definition) is 2. The third-order valence-electron chi connectivity index (χ3n) is 12.7. The molecule has 7 rings (SSSR count). The van der Waals surface area contributed by atoms with Crippen LogP contribution in [0.3, 0.4) is 0 Å². The Morgan fingerprint density at radius 2 is 0.846 bits per heavy atom. The van der Waals surface area contributed by atoms with Crippen molar-refractivity contribution in [1.82, 2.24) is 0 Å². The minimum Gasteiger partial charge on any atom is -0.872 e. The van der Waals surface area contributed by atoms with E-state index in [-0.39, 0.29) is 57.2 Å². The van der Waals surface area contributed by atoms with Crippen LogP contribution in [0.2, 0.25) is 0 Å². The van der Waals surface area contributed by atoms with E-state index < -0.39 is 10.8 Å². The Morgan fingerprint density at radius 1 is 0.492 bits per heavy atom. The zero-order valence-electron chi connectivity index (χ0n) is 39.9. The zero-order valence-corrected chi connectivity index (χ0v) is 41.1. The zero-order chi connectivity index (χ0) is 46.3. The molecule has 0 heterocycles. The first-order valence-electron chi connectivity index (χ1n) is 22.7. The minimum absolute atomic E-state index is 0. The molecule has 0 amide bonds. The second kappa shape index (κ2) is 21.1. The van der Waals surface area contributed by atoms with Gasteiger partial charge in [-0.15, -0.1) is 5.75 Å². The van der Waals surface area contributed by atoms with E-state index in [1.165, 1.54) is 12.1 Å². The van der Waals surface area contributed by atoms with Crippen LogP contribution < -0.4 is 9.84 Å². The van der Waals surface area contributed by atoms with Gasteiger partial charge in [-0.2, -0.15) is 0 Å². The number of benzene rings is 6. The number of phenolic OH excluding ortho intramolecular Hbond substituents is 2. The quantitative estimate of drug-likeness (QED) is 0.106. The van der Waals surface area contributed by atoms with Crippen molar-refractivity contribution in [3.8, 4) is 28.7 Å². The van der Waals surface area contributed by atoms with Crippen LogP contribution in [0.15, 0.2) is 150 Å². The molecule has 2 atom stereocenters. The second-order valence-corrected chi connectivity index (χ2v) is 20.3. The summed E-state index contributed by atoms with van der Waals surface area (Å²) in [5.41, 5.74) is 6.92. The fourth-order valence-corrected chi connectivity index (χ4v) is 8.27. The van der Waals surface area contributed by atoms with Crippen LogP contribution in [-0.2, 0) is 38.7 Å². The van der Waals surface area contributed by atoms with E-state index in [9.17, 15) is 15.3 Å². The minimum atomic E-state index is -0.398. The third-order valence-corrected chi connectivity index (χ3v) is 12.7. The molecule has 65 heavy (non-hydrogen) atoms. The van der Waals surface area contributed by atoms with Gasteiger partial charge in [0.15, 0.2) is 0 Å². The average molecular weight is 911 g/mol. The molecule has 1 aliphatic carbocycles. The van der Waals surface area contributed by atoms with Gasteiger partial charge in [-0.05, 0) is 82.3 Å². The molecule has 0 unspecified atom stereocenters.